The van der Waals surface area contributed by atoms with Gasteiger partial charge in [0.25, 0.3) is 0 Å². The van der Waals surface area contributed by atoms with E-state index < -0.39 is 36.0 Å². The van der Waals surface area contributed by atoms with Gasteiger partial charge in [0.1, 0.15) is 12.1 Å². The maximum atomic E-state index is 12.7. The Hall–Kier alpha value is -2.00. The molecule has 2 rings (SSSR count). The van der Waals surface area contributed by atoms with E-state index in [-0.39, 0.29) is 12.5 Å². The molecule has 2 saturated heterocycles. The first-order valence-corrected chi connectivity index (χ1v) is 8.08. The van der Waals surface area contributed by atoms with Crippen molar-refractivity contribution in [3.63, 3.8) is 0 Å². The molecule has 0 aromatic carbocycles. The van der Waals surface area contributed by atoms with Gasteiger partial charge in [-0.1, -0.05) is 0 Å². The van der Waals surface area contributed by atoms with Crippen LogP contribution in [0.25, 0.3) is 0 Å². The zero-order valence-corrected chi connectivity index (χ0v) is 13.6. The second-order valence-corrected chi connectivity index (χ2v) is 6.24. The van der Waals surface area contributed by atoms with E-state index in [1.54, 1.807) is 4.90 Å². The molecule has 0 aromatic rings. The lowest BCUT2D eigenvalue weighted by molar-refractivity contribution is -0.166. The Kier molecular flexibility index (Phi) is 5.89. The van der Waals surface area contributed by atoms with Gasteiger partial charge in [0, 0.05) is 6.54 Å². The summed E-state index contributed by atoms with van der Waals surface area (Å²) in [6, 6.07) is -2.27. The molecule has 0 spiro atoms. The number of ether oxygens (including phenoxy) is 1. The average Bonchev–Trinajstić information content (AvgIpc) is 3.14. The average molecular weight is 341 g/mol. The van der Waals surface area contributed by atoms with Crippen LogP contribution in [0.3, 0.4) is 0 Å². The predicted octanol–water partition coefficient (Wildman–Crippen LogP) is -1.06. The van der Waals surface area contributed by atoms with Gasteiger partial charge in [-0.15, -0.1) is 0 Å². The maximum Gasteiger partial charge on any atom is 0.336 e. The van der Waals surface area contributed by atoms with Gasteiger partial charge in [-0.25, -0.2) is 9.59 Å². The van der Waals surface area contributed by atoms with Gasteiger partial charge in [-0.3, -0.25) is 14.5 Å². The van der Waals surface area contributed by atoms with E-state index >= 15 is 0 Å². The monoisotopic (exact) mass is 341 g/mol. The Morgan fingerprint density at radius 3 is 2.42 bits per heavy atom. The molecule has 2 aliphatic heterocycles. The molecule has 0 saturated carbocycles. The number of rotatable bonds is 5. The van der Waals surface area contributed by atoms with Crippen molar-refractivity contribution in [1.29, 1.82) is 0 Å². The van der Waals surface area contributed by atoms with Crippen LogP contribution in [-0.2, 0) is 23.9 Å². The highest BCUT2D eigenvalue weighted by Crippen LogP contribution is 2.25. The van der Waals surface area contributed by atoms with Crippen LogP contribution in [0.1, 0.15) is 32.6 Å². The molecule has 24 heavy (non-hydrogen) atoms. The molecule has 2 aliphatic rings. The molecular formula is C15H23N3O6. The number of carboxylic acid groups (broad SMARTS) is 1. The maximum absolute atomic E-state index is 12.7. The highest BCUT2D eigenvalue weighted by atomic mass is 16.6. The van der Waals surface area contributed by atoms with Crippen LogP contribution in [0.5, 0.6) is 0 Å². The van der Waals surface area contributed by atoms with Crippen LogP contribution < -0.4 is 5.73 Å². The molecule has 9 nitrogen and oxygen atoms in total. The molecule has 2 fully saturated rings. The van der Waals surface area contributed by atoms with Gasteiger partial charge >= 0.3 is 17.9 Å². The first kappa shape index (κ1) is 18.3. The minimum absolute atomic E-state index is 0.206. The fraction of sp³-hybridized carbons (Fsp3) is 0.733. The minimum Gasteiger partial charge on any atom is -0.480 e. The number of carbonyl (C=O) groups is 4. The number of aliphatic carboxylic acids is 1. The van der Waals surface area contributed by atoms with Crippen molar-refractivity contribution in [1.82, 2.24) is 9.80 Å². The fourth-order valence-corrected chi connectivity index (χ4v) is 3.20. The number of carboxylic acids is 1. The van der Waals surface area contributed by atoms with Crippen molar-refractivity contribution >= 4 is 23.8 Å². The molecular weight excluding hydrogens is 318 g/mol. The van der Waals surface area contributed by atoms with Crippen molar-refractivity contribution in [2.24, 2.45) is 5.73 Å². The number of likely N-dealkylation sites (tertiary alicyclic amines) is 2. The molecule has 9 heteroatoms. The van der Waals surface area contributed by atoms with Gasteiger partial charge in [0.15, 0.2) is 0 Å². The summed E-state index contributed by atoms with van der Waals surface area (Å²) in [5.74, 6) is -2.87. The van der Waals surface area contributed by atoms with Crippen molar-refractivity contribution < 1.29 is 29.0 Å². The molecule has 1 unspecified atom stereocenters. The Bertz CT molecular complexity index is 535. The molecule has 0 aliphatic carbocycles. The molecule has 0 bridgehead atoms. The van der Waals surface area contributed by atoms with Crippen molar-refractivity contribution in [2.45, 2.75) is 50.7 Å². The summed E-state index contributed by atoms with van der Waals surface area (Å²) >= 11 is 0. The van der Waals surface area contributed by atoms with Gasteiger partial charge in [-0.05, 0) is 39.2 Å². The first-order chi connectivity index (χ1) is 11.3. The van der Waals surface area contributed by atoms with Crippen LogP contribution in [-0.4, -0.2) is 76.5 Å². The van der Waals surface area contributed by atoms with Crippen LogP contribution in [0.4, 0.5) is 0 Å². The number of hydrogen-bond donors (Lipinski definition) is 2. The molecule has 0 radical (unpaired) electrons. The lowest BCUT2D eigenvalue weighted by Crippen LogP contribution is -2.51. The largest absolute Gasteiger partial charge is 0.480 e. The normalized spacial score (nSPS) is 25.5. The highest BCUT2D eigenvalue weighted by molar-refractivity contribution is 5.94. The molecule has 1 amide bonds. The zero-order chi connectivity index (χ0) is 17.9. The number of carbonyl (C=O) groups excluding carboxylic acids is 3. The second-order valence-electron chi connectivity index (χ2n) is 6.24. The highest BCUT2D eigenvalue weighted by Gasteiger charge is 2.42. The van der Waals surface area contributed by atoms with Gasteiger partial charge in [0.05, 0.1) is 12.6 Å². The predicted molar refractivity (Wildman–Crippen MR) is 81.7 cm³/mol. The summed E-state index contributed by atoms with van der Waals surface area (Å²) in [5, 5.41) is 8.94. The number of nitrogens with zero attached hydrogens (tertiary/aromatic N) is 2. The standard InChI is InChI=1S/C15H23N3O6/c1-9(16)14(22)24-15(23)11-5-3-7-18(11)13(21)10-4-2-6-17(10)8-12(19)20/h9-11H,2-8,16H2,1H3,(H,19,20)/t9?,10-,11-/m0/s1. The van der Waals surface area contributed by atoms with Gasteiger partial charge in [0.2, 0.25) is 5.91 Å². The summed E-state index contributed by atoms with van der Waals surface area (Å²) in [6.45, 7) is 2.13. The minimum atomic E-state index is -0.991. The third-order valence-corrected chi connectivity index (χ3v) is 4.37. The summed E-state index contributed by atoms with van der Waals surface area (Å²) in [4.78, 5) is 50.3. The topological polar surface area (TPSA) is 130 Å². The smallest absolute Gasteiger partial charge is 0.336 e. The first-order valence-electron chi connectivity index (χ1n) is 8.08. The summed E-state index contributed by atoms with van der Waals surface area (Å²) in [5.41, 5.74) is 5.37. The molecule has 2 heterocycles. The third-order valence-electron chi connectivity index (χ3n) is 4.37. The van der Waals surface area contributed by atoms with Crippen molar-refractivity contribution in [3.8, 4) is 0 Å². The summed E-state index contributed by atoms with van der Waals surface area (Å²) < 4.78 is 4.73. The van der Waals surface area contributed by atoms with E-state index in [1.165, 1.54) is 11.8 Å². The number of nitrogens with two attached hydrogens (primary N) is 1. The number of amides is 1. The van der Waals surface area contributed by atoms with Gasteiger partial charge in [-0.2, -0.15) is 0 Å². The van der Waals surface area contributed by atoms with Crippen molar-refractivity contribution in [2.75, 3.05) is 19.6 Å². The summed E-state index contributed by atoms with van der Waals surface area (Å²) in [7, 11) is 0. The van der Waals surface area contributed by atoms with E-state index in [0.29, 0.717) is 32.4 Å². The lowest BCUT2D eigenvalue weighted by Gasteiger charge is -2.29. The SMILES string of the molecule is CC(N)C(=O)OC(=O)[C@@H]1CCCN1C(=O)[C@@H]1CCCN1CC(=O)O. The Morgan fingerprint density at radius 1 is 1.17 bits per heavy atom. The molecule has 0 aromatic heterocycles. The van der Waals surface area contributed by atoms with Crippen LogP contribution in [0.2, 0.25) is 0 Å². The van der Waals surface area contributed by atoms with Crippen LogP contribution in [0.15, 0.2) is 0 Å². The van der Waals surface area contributed by atoms with E-state index in [4.69, 9.17) is 15.6 Å². The Balaban J connectivity index is 2.03. The van der Waals surface area contributed by atoms with Crippen LogP contribution >= 0.6 is 0 Å². The molecule has 134 valence electrons. The number of hydrogen-bond acceptors (Lipinski definition) is 7. The molecule has 3 atom stereocenters. The second kappa shape index (κ2) is 7.71. The third kappa shape index (κ3) is 4.09. The quantitative estimate of drug-likeness (QED) is 0.478. The van der Waals surface area contributed by atoms with E-state index in [0.717, 1.165) is 6.42 Å². The fourth-order valence-electron chi connectivity index (χ4n) is 3.20. The lowest BCUT2D eigenvalue weighted by atomic mass is 10.1. The van der Waals surface area contributed by atoms with E-state index in [9.17, 15) is 19.2 Å². The van der Waals surface area contributed by atoms with Crippen LogP contribution in [0, 0.1) is 0 Å². The van der Waals surface area contributed by atoms with Gasteiger partial charge < -0.3 is 20.5 Å². The molecule has 3 N–H and O–H groups in total. The van der Waals surface area contributed by atoms with E-state index in [1.807, 2.05) is 0 Å². The Labute approximate surface area is 139 Å². The zero-order valence-electron chi connectivity index (χ0n) is 13.6. The van der Waals surface area contributed by atoms with Crippen molar-refractivity contribution in [3.05, 3.63) is 0 Å². The number of esters is 2. The Morgan fingerprint density at radius 2 is 1.79 bits per heavy atom. The van der Waals surface area contributed by atoms with E-state index in [2.05, 4.69) is 0 Å². The summed E-state index contributed by atoms with van der Waals surface area (Å²) in [6.07, 6.45) is 2.34.